The standard InChI is InChI=1S/C7H6BrI.Zn/c8-5-6-3-1-2-4-7(6)9;/h1-4H,5H2;. The Morgan fingerprint density at radius 3 is 2.30 bits per heavy atom. The molecule has 0 fully saturated rings. The van der Waals surface area contributed by atoms with E-state index in [4.69, 9.17) is 0 Å². The van der Waals surface area contributed by atoms with Crippen molar-refractivity contribution in [2.45, 2.75) is 5.33 Å². The van der Waals surface area contributed by atoms with E-state index < -0.39 is 0 Å². The first-order valence-corrected chi connectivity index (χ1v) is 4.84. The Morgan fingerprint density at radius 1 is 1.30 bits per heavy atom. The van der Waals surface area contributed by atoms with Crippen LogP contribution in [0.2, 0.25) is 0 Å². The predicted octanol–water partition coefficient (Wildman–Crippen LogP) is 3.18. The van der Waals surface area contributed by atoms with Gasteiger partial charge in [-0.05, 0) is 34.2 Å². The van der Waals surface area contributed by atoms with E-state index in [-0.39, 0.29) is 19.5 Å². The number of benzene rings is 1. The summed E-state index contributed by atoms with van der Waals surface area (Å²) in [5.41, 5.74) is 1.36. The molecule has 0 saturated carbocycles. The summed E-state index contributed by atoms with van der Waals surface area (Å²) in [6.07, 6.45) is 0. The molecule has 0 nitrogen and oxygen atoms in total. The summed E-state index contributed by atoms with van der Waals surface area (Å²) in [6, 6.07) is 8.33. The van der Waals surface area contributed by atoms with Crippen LogP contribution in [0.3, 0.4) is 0 Å². The van der Waals surface area contributed by atoms with Crippen LogP contribution in [0.1, 0.15) is 5.56 Å². The second-order valence-corrected chi connectivity index (χ2v) is 3.45. The maximum Gasteiger partial charge on any atom is 0.0293 e. The first-order valence-electron chi connectivity index (χ1n) is 2.64. The van der Waals surface area contributed by atoms with Crippen LogP contribution in [0, 0.1) is 3.57 Å². The van der Waals surface area contributed by atoms with Gasteiger partial charge in [0.2, 0.25) is 0 Å². The Kier molecular flexibility index (Phi) is 6.27. The molecular formula is C7H6BrIZn. The Labute approximate surface area is 95.8 Å². The van der Waals surface area contributed by atoms with Crippen molar-refractivity contribution >= 4 is 38.5 Å². The molecule has 0 amide bonds. The smallest absolute Gasteiger partial charge is 0.0293 e. The van der Waals surface area contributed by atoms with Crippen LogP contribution in [0.5, 0.6) is 0 Å². The molecule has 0 unspecified atom stereocenters. The normalized spacial score (nSPS) is 8.60. The van der Waals surface area contributed by atoms with Gasteiger partial charge in [0.15, 0.2) is 0 Å². The number of halogens is 2. The van der Waals surface area contributed by atoms with Crippen molar-refractivity contribution in [2.75, 3.05) is 0 Å². The fraction of sp³-hybridized carbons (Fsp3) is 0.143. The van der Waals surface area contributed by atoms with Crippen molar-refractivity contribution in [3.05, 3.63) is 33.4 Å². The van der Waals surface area contributed by atoms with Gasteiger partial charge in [0.1, 0.15) is 0 Å². The molecule has 0 heterocycles. The average Bonchev–Trinajstić information content (AvgIpc) is 1.89. The van der Waals surface area contributed by atoms with E-state index in [1.165, 1.54) is 9.13 Å². The van der Waals surface area contributed by atoms with Crippen molar-refractivity contribution < 1.29 is 19.5 Å². The summed E-state index contributed by atoms with van der Waals surface area (Å²) in [5.74, 6) is 0. The van der Waals surface area contributed by atoms with Crippen molar-refractivity contribution in [3.8, 4) is 0 Å². The molecular weight excluding hydrogens is 356 g/mol. The quantitative estimate of drug-likeness (QED) is 0.409. The summed E-state index contributed by atoms with van der Waals surface area (Å²) in [4.78, 5) is 0. The third-order valence-electron chi connectivity index (χ3n) is 1.10. The molecule has 0 aliphatic heterocycles. The second kappa shape index (κ2) is 5.67. The molecule has 1 aromatic rings. The molecule has 0 bridgehead atoms. The van der Waals surface area contributed by atoms with Crippen LogP contribution in [-0.2, 0) is 24.8 Å². The molecule has 0 radical (unpaired) electrons. The molecule has 0 atom stereocenters. The Balaban J connectivity index is 0.000000810. The molecule has 0 saturated heterocycles. The topological polar surface area (TPSA) is 0 Å². The van der Waals surface area contributed by atoms with Crippen LogP contribution < -0.4 is 0 Å². The first-order chi connectivity index (χ1) is 4.34. The Morgan fingerprint density at radius 2 is 1.90 bits per heavy atom. The van der Waals surface area contributed by atoms with Gasteiger partial charge in [-0.25, -0.2) is 0 Å². The second-order valence-electron chi connectivity index (χ2n) is 1.73. The van der Waals surface area contributed by atoms with Gasteiger partial charge >= 0.3 is 0 Å². The minimum atomic E-state index is 0. The van der Waals surface area contributed by atoms with Gasteiger partial charge in [-0.15, -0.1) is 0 Å². The van der Waals surface area contributed by atoms with Crippen molar-refractivity contribution in [3.63, 3.8) is 0 Å². The SMILES string of the molecule is BrCc1ccccc1I.[Zn]. The molecule has 1 rings (SSSR count). The molecule has 3 heteroatoms. The number of alkyl halides is 1. The van der Waals surface area contributed by atoms with Crippen LogP contribution in [0.25, 0.3) is 0 Å². The van der Waals surface area contributed by atoms with Gasteiger partial charge in [0.05, 0.1) is 0 Å². The summed E-state index contributed by atoms with van der Waals surface area (Å²) in [6.45, 7) is 0. The van der Waals surface area contributed by atoms with Gasteiger partial charge in [-0.2, -0.15) is 0 Å². The summed E-state index contributed by atoms with van der Waals surface area (Å²) in [7, 11) is 0. The van der Waals surface area contributed by atoms with E-state index in [1.807, 2.05) is 6.07 Å². The maximum absolute atomic E-state index is 3.40. The summed E-state index contributed by atoms with van der Waals surface area (Å²) >= 11 is 5.73. The van der Waals surface area contributed by atoms with Crippen LogP contribution >= 0.6 is 38.5 Å². The van der Waals surface area contributed by atoms with Crippen LogP contribution in [0.4, 0.5) is 0 Å². The Bertz CT molecular complexity index is 203. The third-order valence-corrected chi connectivity index (χ3v) is 2.76. The zero-order valence-corrected chi connectivity index (χ0v) is 12.2. The van der Waals surface area contributed by atoms with E-state index >= 15 is 0 Å². The minimum absolute atomic E-state index is 0. The zero-order chi connectivity index (χ0) is 6.69. The molecule has 0 aromatic heterocycles. The van der Waals surface area contributed by atoms with E-state index in [1.54, 1.807) is 0 Å². The van der Waals surface area contributed by atoms with Crippen molar-refractivity contribution in [1.82, 2.24) is 0 Å². The Hall–Kier alpha value is 1.05. The first kappa shape index (κ1) is 11.1. The summed E-state index contributed by atoms with van der Waals surface area (Å²) in [5, 5.41) is 0.951. The molecule has 0 aliphatic rings. The molecule has 50 valence electrons. The molecule has 1 aromatic carbocycles. The zero-order valence-electron chi connectivity index (χ0n) is 5.48. The molecule has 0 N–H and O–H groups in total. The van der Waals surface area contributed by atoms with E-state index in [9.17, 15) is 0 Å². The molecule has 10 heavy (non-hydrogen) atoms. The predicted molar refractivity (Wildman–Crippen MR) is 51.8 cm³/mol. The van der Waals surface area contributed by atoms with E-state index in [2.05, 4.69) is 56.7 Å². The number of hydrogen-bond donors (Lipinski definition) is 0. The van der Waals surface area contributed by atoms with Gasteiger partial charge in [0, 0.05) is 28.4 Å². The van der Waals surface area contributed by atoms with Gasteiger partial charge in [-0.3, -0.25) is 0 Å². The third kappa shape index (κ3) is 2.97. The van der Waals surface area contributed by atoms with Crippen molar-refractivity contribution in [1.29, 1.82) is 0 Å². The van der Waals surface area contributed by atoms with Gasteiger partial charge < -0.3 is 0 Å². The van der Waals surface area contributed by atoms with E-state index in [0.29, 0.717) is 0 Å². The average molecular weight is 362 g/mol. The number of rotatable bonds is 1. The minimum Gasteiger partial charge on any atom is -0.0876 e. The maximum atomic E-state index is 3.40. The monoisotopic (exact) mass is 360 g/mol. The number of hydrogen-bond acceptors (Lipinski definition) is 0. The van der Waals surface area contributed by atoms with Crippen LogP contribution in [-0.4, -0.2) is 0 Å². The van der Waals surface area contributed by atoms with E-state index in [0.717, 1.165) is 5.33 Å². The molecule has 0 aliphatic carbocycles. The van der Waals surface area contributed by atoms with Crippen LogP contribution in [0.15, 0.2) is 24.3 Å². The van der Waals surface area contributed by atoms with Gasteiger partial charge in [-0.1, -0.05) is 34.1 Å². The fourth-order valence-electron chi connectivity index (χ4n) is 0.607. The van der Waals surface area contributed by atoms with Gasteiger partial charge in [0.25, 0.3) is 0 Å². The summed E-state index contributed by atoms with van der Waals surface area (Å²) < 4.78 is 1.33. The molecule has 0 spiro atoms. The largest absolute Gasteiger partial charge is 0.0876 e. The fourth-order valence-corrected chi connectivity index (χ4v) is 2.20. The van der Waals surface area contributed by atoms with Crippen molar-refractivity contribution in [2.24, 2.45) is 0 Å².